The minimum atomic E-state index is -3.09. The van der Waals surface area contributed by atoms with E-state index < -0.39 is 15.5 Å². The van der Waals surface area contributed by atoms with Gasteiger partial charge in [0.15, 0.2) is 9.84 Å². The van der Waals surface area contributed by atoms with E-state index in [1.165, 1.54) is 17.0 Å². The number of nitrogens with zero attached hydrogens (tertiary/aromatic N) is 5. The summed E-state index contributed by atoms with van der Waals surface area (Å²) in [6.07, 6.45) is 3.36. The molecule has 3 heterocycles. The largest absolute Gasteiger partial charge is 0.348 e. The molecule has 1 saturated heterocycles. The number of anilines is 1. The molecule has 2 aromatic heterocycles. The highest BCUT2D eigenvalue weighted by Crippen LogP contribution is 2.26. The first-order valence-corrected chi connectivity index (χ1v) is 11.6. The zero-order valence-electron chi connectivity index (χ0n) is 16.8. The molecule has 10 heteroatoms. The van der Waals surface area contributed by atoms with Gasteiger partial charge in [-0.2, -0.15) is 10.1 Å². The summed E-state index contributed by atoms with van der Waals surface area (Å²) < 4.78 is 26.6. The molecule has 0 N–H and O–H groups in total. The molecule has 158 valence electrons. The summed E-state index contributed by atoms with van der Waals surface area (Å²) in [5.74, 6) is -0.120. The fourth-order valence-corrected chi connectivity index (χ4v) is 5.62. The zero-order valence-corrected chi connectivity index (χ0v) is 17.6. The van der Waals surface area contributed by atoms with Crippen LogP contribution in [0.5, 0.6) is 0 Å². The van der Waals surface area contributed by atoms with Crippen molar-refractivity contribution in [3.05, 3.63) is 53.2 Å². The van der Waals surface area contributed by atoms with E-state index in [0.717, 1.165) is 5.69 Å². The van der Waals surface area contributed by atoms with Crippen molar-refractivity contribution in [3.8, 4) is 0 Å². The van der Waals surface area contributed by atoms with Crippen LogP contribution in [0.3, 0.4) is 0 Å². The van der Waals surface area contributed by atoms with Gasteiger partial charge in [-0.15, -0.1) is 0 Å². The number of carbonyl (C=O) groups is 1. The molecule has 1 aromatic carbocycles. The van der Waals surface area contributed by atoms with Crippen LogP contribution in [-0.2, 0) is 21.2 Å². The van der Waals surface area contributed by atoms with E-state index in [1.54, 1.807) is 9.58 Å². The normalized spacial score (nSPS) is 18.2. The minimum absolute atomic E-state index is 0.0109. The molecular weight excluding hydrogens is 406 g/mol. The average molecular weight is 430 g/mol. The van der Waals surface area contributed by atoms with Gasteiger partial charge in [0, 0.05) is 11.7 Å². The Morgan fingerprint density at radius 3 is 2.57 bits per heavy atom. The smallest absolute Gasteiger partial charge is 0.308 e. The topological polar surface area (TPSA) is 107 Å². The third-order valence-electron chi connectivity index (χ3n) is 5.30. The molecule has 3 aromatic rings. The van der Waals surface area contributed by atoms with Crippen LogP contribution in [0, 0.1) is 0 Å². The maximum Gasteiger partial charge on any atom is 0.348 e. The number of carbonyl (C=O) groups excluding carboxylic acids is 1. The average Bonchev–Trinajstić information content (AvgIpc) is 3.27. The number of amides is 1. The maximum absolute atomic E-state index is 13.1. The first-order valence-electron chi connectivity index (χ1n) is 9.77. The summed E-state index contributed by atoms with van der Waals surface area (Å²) in [6, 6.07) is 8.87. The second kappa shape index (κ2) is 7.67. The second-order valence-electron chi connectivity index (χ2n) is 7.74. The lowest BCUT2D eigenvalue weighted by atomic mass is 10.2. The molecule has 0 radical (unpaired) electrons. The fraction of sp³-hybridized carbons (Fsp3) is 0.400. The lowest BCUT2D eigenvalue weighted by Crippen LogP contribution is -2.41. The summed E-state index contributed by atoms with van der Waals surface area (Å²) in [5.41, 5.74) is 1.20. The van der Waals surface area contributed by atoms with Gasteiger partial charge in [0.2, 0.25) is 5.91 Å². The van der Waals surface area contributed by atoms with Gasteiger partial charge < -0.3 is 4.90 Å². The summed E-state index contributed by atoms with van der Waals surface area (Å²) >= 11 is 0. The second-order valence-corrected chi connectivity index (χ2v) is 9.97. The third kappa shape index (κ3) is 3.74. The number of sulfone groups is 1. The molecule has 0 saturated carbocycles. The van der Waals surface area contributed by atoms with E-state index in [2.05, 4.69) is 10.1 Å². The number of hydrogen-bond donors (Lipinski definition) is 0. The van der Waals surface area contributed by atoms with Crippen LogP contribution in [0.25, 0.3) is 11.0 Å². The van der Waals surface area contributed by atoms with Crippen LogP contribution in [0.15, 0.2) is 47.5 Å². The van der Waals surface area contributed by atoms with Crippen molar-refractivity contribution < 1.29 is 13.2 Å². The van der Waals surface area contributed by atoms with Crippen LogP contribution in [0.4, 0.5) is 5.69 Å². The predicted molar refractivity (Wildman–Crippen MR) is 113 cm³/mol. The summed E-state index contributed by atoms with van der Waals surface area (Å²) in [7, 11) is -3.09. The highest BCUT2D eigenvalue weighted by atomic mass is 32.2. The fourth-order valence-electron chi connectivity index (χ4n) is 3.93. The van der Waals surface area contributed by atoms with E-state index in [-0.39, 0.29) is 36.0 Å². The Morgan fingerprint density at radius 2 is 1.93 bits per heavy atom. The first-order chi connectivity index (χ1) is 14.3. The maximum atomic E-state index is 13.1. The lowest BCUT2D eigenvalue weighted by molar-refractivity contribution is -0.119. The number of rotatable bonds is 5. The molecule has 0 spiro atoms. The SMILES string of the molecule is CC(C)N(C(=O)Cn1c(=O)ncc2c1cnn2[C@@H]1CCS(=O)(=O)C1)c1ccccc1. The summed E-state index contributed by atoms with van der Waals surface area (Å²) in [5, 5.41) is 4.32. The Bertz CT molecular complexity index is 1250. The molecule has 30 heavy (non-hydrogen) atoms. The standard InChI is InChI=1S/C20H23N5O4S/c1-14(2)24(15-6-4-3-5-7-15)19(26)12-23-17-11-22-25(18(17)10-21-20(23)27)16-8-9-30(28,29)13-16/h3-7,10-11,14,16H,8-9,12-13H2,1-2H3/t16-/m1/s1. The van der Waals surface area contributed by atoms with E-state index >= 15 is 0 Å². The Morgan fingerprint density at radius 1 is 1.20 bits per heavy atom. The summed E-state index contributed by atoms with van der Waals surface area (Å²) in [6.45, 7) is 3.63. The molecule has 1 atom stereocenters. The molecule has 4 rings (SSSR count). The van der Waals surface area contributed by atoms with Crippen LogP contribution in [0.1, 0.15) is 26.3 Å². The number of fused-ring (bicyclic) bond motifs is 1. The molecule has 1 aliphatic rings. The molecule has 0 bridgehead atoms. The van der Waals surface area contributed by atoms with Gasteiger partial charge in [-0.05, 0) is 32.4 Å². The minimum Gasteiger partial charge on any atom is -0.308 e. The molecule has 1 fully saturated rings. The molecule has 1 aliphatic heterocycles. The molecule has 0 unspecified atom stereocenters. The van der Waals surface area contributed by atoms with Crippen molar-refractivity contribution >= 4 is 32.5 Å². The quantitative estimate of drug-likeness (QED) is 0.607. The van der Waals surface area contributed by atoms with E-state index in [4.69, 9.17) is 0 Å². The van der Waals surface area contributed by atoms with Crippen molar-refractivity contribution in [1.82, 2.24) is 19.3 Å². The van der Waals surface area contributed by atoms with Crippen LogP contribution in [0.2, 0.25) is 0 Å². The number of aromatic nitrogens is 4. The van der Waals surface area contributed by atoms with E-state index in [0.29, 0.717) is 17.5 Å². The van der Waals surface area contributed by atoms with E-state index in [1.807, 2.05) is 44.2 Å². The highest BCUT2D eigenvalue weighted by molar-refractivity contribution is 7.91. The van der Waals surface area contributed by atoms with Gasteiger partial charge in [-0.1, -0.05) is 18.2 Å². The Kier molecular flexibility index (Phi) is 5.19. The van der Waals surface area contributed by atoms with Gasteiger partial charge >= 0.3 is 5.69 Å². The van der Waals surface area contributed by atoms with E-state index in [9.17, 15) is 18.0 Å². The number of hydrogen-bond acceptors (Lipinski definition) is 6. The predicted octanol–water partition coefficient (Wildman–Crippen LogP) is 1.39. The number of para-hydroxylation sites is 1. The van der Waals surface area contributed by atoms with Crippen LogP contribution in [-0.4, -0.2) is 51.2 Å². The van der Waals surface area contributed by atoms with Crippen molar-refractivity contribution in [1.29, 1.82) is 0 Å². The Balaban J connectivity index is 1.70. The zero-order chi connectivity index (χ0) is 21.5. The van der Waals surface area contributed by atoms with Gasteiger partial charge in [-0.3, -0.25) is 14.0 Å². The van der Waals surface area contributed by atoms with Crippen LogP contribution >= 0.6 is 0 Å². The molecule has 0 aliphatic carbocycles. The molecule has 1 amide bonds. The van der Waals surface area contributed by atoms with Crippen LogP contribution < -0.4 is 10.6 Å². The lowest BCUT2D eigenvalue weighted by Gasteiger charge is -2.27. The Hall–Kier alpha value is -3.01. The first kappa shape index (κ1) is 20.3. The van der Waals surface area contributed by atoms with Gasteiger partial charge in [0.1, 0.15) is 12.1 Å². The molecule has 9 nitrogen and oxygen atoms in total. The van der Waals surface area contributed by atoms with Crippen molar-refractivity contribution in [3.63, 3.8) is 0 Å². The Labute approximate surface area is 173 Å². The summed E-state index contributed by atoms with van der Waals surface area (Å²) in [4.78, 5) is 31.2. The van der Waals surface area contributed by atoms with Crippen molar-refractivity contribution in [2.45, 2.75) is 38.9 Å². The van der Waals surface area contributed by atoms with Gasteiger partial charge in [0.25, 0.3) is 0 Å². The highest BCUT2D eigenvalue weighted by Gasteiger charge is 2.31. The number of benzene rings is 1. The van der Waals surface area contributed by atoms with Crippen molar-refractivity contribution in [2.75, 3.05) is 16.4 Å². The van der Waals surface area contributed by atoms with Gasteiger partial charge in [0.05, 0.1) is 35.5 Å². The molecular formula is C20H23N5O4S. The monoisotopic (exact) mass is 429 g/mol. The van der Waals surface area contributed by atoms with Gasteiger partial charge in [-0.25, -0.2) is 13.2 Å². The van der Waals surface area contributed by atoms with Crippen molar-refractivity contribution in [2.24, 2.45) is 0 Å². The third-order valence-corrected chi connectivity index (χ3v) is 7.05.